The van der Waals surface area contributed by atoms with Crippen molar-refractivity contribution >= 4 is 23.7 Å². The Hall–Kier alpha value is -3.48. The highest BCUT2D eigenvalue weighted by Gasteiger charge is 2.11. The number of aldehydes is 1. The van der Waals surface area contributed by atoms with Crippen LogP contribution >= 0.6 is 0 Å². The van der Waals surface area contributed by atoms with Gasteiger partial charge in [-0.25, -0.2) is 13.6 Å². The monoisotopic (exact) mass is 342 g/mol. The normalized spacial score (nSPS) is 10.3. The molecular formula is C18H12F2N2O3. The van der Waals surface area contributed by atoms with Crippen LogP contribution in [0.15, 0.2) is 59.0 Å². The second kappa shape index (κ2) is 6.96. The lowest BCUT2D eigenvalue weighted by molar-refractivity contribution is 0.110. The maximum Gasteiger partial charge on any atom is 0.323 e. The molecule has 5 nitrogen and oxygen atoms in total. The third kappa shape index (κ3) is 3.89. The van der Waals surface area contributed by atoms with E-state index in [1.807, 2.05) is 0 Å². The minimum atomic E-state index is -0.619. The highest BCUT2D eigenvalue weighted by Crippen LogP contribution is 2.27. The van der Waals surface area contributed by atoms with Crippen LogP contribution in [0.1, 0.15) is 10.6 Å². The van der Waals surface area contributed by atoms with Crippen molar-refractivity contribution in [2.24, 2.45) is 0 Å². The van der Waals surface area contributed by atoms with E-state index >= 15 is 0 Å². The number of furan rings is 1. The van der Waals surface area contributed by atoms with Gasteiger partial charge in [0.2, 0.25) is 0 Å². The number of anilines is 2. The van der Waals surface area contributed by atoms with E-state index in [4.69, 9.17) is 4.42 Å². The molecule has 2 aromatic carbocycles. The van der Waals surface area contributed by atoms with Gasteiger partial charge in [0.05, 0.1) is 5.56 Å². The zero-order valence-electron chi connectivity index (χ0n) is 12.8. The summed E-state index contributed by atoms with van der Waals surface area (Å²) in [5, 5.41) is 4.97. The van der Waals surface area contributed by atoms with Crippen LogP contribution in [-0.4, -0.2) is 12.3 Å². The largest absolute Gasteiger partial charge is 0.453 e. The van der Waals surface area contributed by atoms with Crippen molar-refractivity contribution in [3.05, 3.63) is 72.0 Å². The van der Waals surface area contributed by atoms with Gasteiger partial charge in [-0.05, 0) is 54.6 Å². The van der Waals surface area contributed by atoms with E-state index in [0.717, 1.165) is 6.07 Å². The number of amides is 2. The molecule has 0 fully saturated rings. The molecule has 2 N–H and O–H groups in total. The van der Waals surface area contributed by atoms with Crippen LogP contribution in [0.4, 0.5) is 25.0 Å². The summed E-state index contributed by atoms with van der Waals surface area (Å²) >= 11 is 0. The van der Waals surface area contributed by atoms with Gasteiger partial charge in [0, 0.05) is 11.4 Å². The van der Waals surface area contributed by atoms with Crippen molar-refractivity contribution in [2.75, 3.05) is 10.6 Å². The summed E-state index contributed by atoms with van der Waals surface area (Å²) in [6.07, 6.45) is 0.525. The average molecular weight is 342 g/mol. The van der Waals surface area contributed by atoms with E-state index in [2.05, 4.69) is 10.6 Å². The van der Waals surface area contributed by atoms with Gasteiger partial charge >= 0.3 is 6.03 Å². The lowest BCUT2D eigenvalue weighted by atomic mass is 10.1. The van der Waals surface area contributed by atoms with E-state index in [0.29, 0.717) is 12.0 Å². The van der Waals surface area contributed by atoms with Crippen LogP contribution in [0.25, 0.3) is 11.3 Å². The molecule has 0 saturated heterocycles. The number of halogens is 2. The molecular weight excluding hydrogens is 330 g/mol. The molecule has 1 heterocycles. The molecule has 0 aliphatic heterocycles. The lowest BCUT2D eigenvalue weighted by Crippen LogP contribution is -2.19. The van der Waals surface area contributed by atoms with Crippen LogP contribution in [0, 0.1) is 11.6 Å². The highest BCUT2D eigenvalue weighted by molar-refractivity contribution is 5.99. The number of carbonyl (C=O) groups excluding carboxylic acids is 2. The molecule has 0 unspecified atom stereocenters. The fourth-order valence-corrected chi connectivity index (χ4v) is 2.18. The Kier molecular flexibility index (Phi) is 4.56. The number of benzene rings is 2. The van der Waals surface area contributed by atoms with Crippen molar-refractivity contribution in [3.8, 4) is 11.3 Å². The van der Waals surface area contributed by atoms with Gasteiger partial charge in [-0.2, -0.15) is 0 Å². The Bertz CT molecular complexity index is 920. The maximum atomic E-state index is 14.2. The van der Waals surface area contributed by atoms with E-state index in [9.17, 15) is 18.4 Å². The summed E-state index contributed by atoms with van der Waals surface area (Å²) < 4.78 is 32.2. The summed E-state index contributed by atoms with van der Waals surface area (Å²) in [5.41, 5.74) is 0.786. The fraction of sp³-hybridized carbons (Fsp3) is 0. The summed E-state index contributed by atoms with van der Waals surface area (Å²) in [7, 11) is 0. The zero-order valence-corrected chi connectivity index (χ0v) is 12.8. The Morgan fingerprint density at radius 3 is 2.24 bits per heavy atom. The first-order valence-electron chi connectivity index (χ1n) is 7.23. The van der Waals surface area contributed by atoms with Gasteiger partial charge in [-0.15, -0.1) is 0 Å². The number of urea groups is 1. The van der Waals surface area contributed by atoms with Crippen LogP contribution in [0.5, 0.6) is 0 Å². The van der Waals surface area contributed by atoms with Crippen LogP contribution < -0.4 is 10.6 Å². The molecule has 7 heteroatoms. The van der Waals surface area contributed by atoms with Crippen molar-refractivity contribution in [1.29, 1.82) is 0 Å². The van der Waals surface area contributed by atoms with Crippen LogP contribution in [0.3, 0.4) is 0 Å². The van der Waals surface area contributed by atoms with Crippen molar-refractivity contribution in [3.63, 3.8) is 0 Å². The minimum absolute atomic E-state index is 0.0928. The predicted molar refractivity (Wildman–Crippen MR) is 88.5 cm³/mol. The second-order valence-electron chi connectivity index (χ2n) is 5.10. The molecule has 0 aliphatic carbocycles. The summed E-state index contributed by atoms with van der Waals surface area (Å²) in [6, 6.07) is 11.6. The second-order valence-corrected chi connectivity index (χ2v) is 5.10. The predicted octanol–water partition coefficient (Wildman–Crippen LogP) is 4.68. The zero-order chi connectivity index (χ0) is 17.8. The van der Waals surface area contributed by atoms with Gasteiger partial charge in [0.15, 0.2) is 12.0 Å². The molecule has 126 valence electrons. The highest BCUT2D eigenvalue weighted by atomic mass is 19.1. The molecule has 0 bridgehead atoms. The quantitative estimate of drug-likeness (QED) is 0.676. The van der Waals surface area contributed by atoms with E-state index in [-0.39, 0.29) is 22.8 Å². The van der Waals surface area contributed by atoms with E-state index in [1.54, 1.807) is 0 Å². The lowest BCUT2D eigenvalue weighted by Gasteiger charge is -2.09. The molecule has 1 aromatic heterocycles. The smallest absolute Gasteiger partial charge is 0.323 e. The Morgan fingerprint density at radius 1 is 0.920 bits per heavy atom. The number of rotatable bonds is 4. The summed E-state index contributed by atoms with van der Waals surface area (Å²) in [4.78, 5) is 22.5. The third-order valence-electron chi connectivity index (χ3n) is 3.34. The fourth-order valence-electron chi connectivity index (χ4n) is 2.18. The number of hydrogen-bond acceptors (Lipinski definition) is 3. The van der Waals surface area contributed by atoms with Crippen molar-refractivity contribution in [2.45, 2.75) is 0 Å². The number of nitrogens with one attached hydrogen (secondary N) is 2. The summed E-state index contributed by atoms with van der Waals surface area (Å²) in [5.74, 6) is -0.733. The average Bonchev–Trinajstić information content (AvgIpc) is 3.06. The third-order valence-corrected chi connectivity index (χ3v) is 3.34. The number of hydrogen-bond donors (Lipinski definition) is 2. The van der Waals surface area contributed by atoms with Gasteiger partial charge in [-0.3, -0.25) is 4.79 Å². The Balaban J connectivity index is 1.70. The first kappa shape index (κ1) is 16.4. The maximum absolute atomic E-state index is 14.2. The Labute approximate surface area is 141 Å². The molecule has 25 heavy (non-hydrogen) atoms. The molecule has 3 aromatic rings. The molecule has 0 aliphatic rings. The standard InChI is InChI=1S/C18H12F2N2O3/c19-11-1-3-12(4-2-11)21-18(24)22-13-5-7-15(16(20)9-13)17-8-6-14(10-23)25-17/h1-10H,(H2,21,22,24). The van der Waals surface area contributed by atoms with E-state index < -0.39 is 17.7 Å². The topological polar surface area (TPSA) is 71.3 Å². The molecule has 0 spiro atoms. The molecule has 3 rings (SSSR count). The molecule has 0 saturated carbocycles. The van der Waals surface area contributed by atoms with Crippen LogP contribution in [0.2, 0.25) is 0 Å². The SMILES string of the molecule is O=Cc1ccc(-c2ccc(NC(=O)Nc3ccc(F)cc3)cc2F)o1. The molecule has 0 atom stereocenters. The van der Waals surface area contributed by atoms with Gasteiger partial charge in [0.25, 0.3) is 0 Å². The Morgan fingerprint density at radius 2 is 1.60 bits per heavy atom. The minimum Gasteiger partial charge on any atom is -0.453 e. The first-order valence-corrected chi connectivity index (χ1v) is 7.23. The van der Waals surface area contributed by atoms with Gasteiger partial charge < -0.3 is 15.1 Å². The van der Waals surface area contributed by atoms with Crippen LogP contribution in [-0.2, 0) is 0 Å². The van der Waals surface area contributed by atoms with Crippen molar-refractivity contribution < 1.29 is 22.8 Å². The molecule has 2 amide bonds. The number of carbonyl (C=O) groups is 2. The first-order chi connectivity index (χ1) is 12.0. The van der Waals surface area contributed by atoms with E-state index in [1.165, 1.54) is 48.5 Å². The van der Waals surface area contributed by atoms with Gasteiger partial charge in [-0.1, -0.05) is 0 Å². The molecule has 0 radical (unpaired) electrons. The van der Waals surface area contributed by atoms with Crippen molar-refractivity contribution in [1.82, 2.24) is 0 Å². The summed E-state index contributed by atoms with van der Waals surface area (Å²) in [6.45, 7) is 0. The van der Waals surface area contributed by atoms with Gasteiger partial charge in [0.1, 0.15) is 17.4 Å².